The van der Waals surface area contributed by atoms with Crippen molar-refractivity contribution in [1.29, 1.82) is 0 Å². The van der Waals surface area contributed by atoms with Crippen LogP contribution in [-0.4, -0.2) is 69.8 Å². The number of rotatable bonds is 4. The second kappa shape index (κ2) is 5.96. The average molecular weight is 266 g/mol. The molecule has 0 bridgehead atoms. The summed E-state index contributed by atoms with van der Waals surface area (Å²) in [6.45, 7) is 13.0. The van der Waals surface area contributed by atoms with Gasteiger partial charge in [0.2, 0.25) is 0 Å². The van der Waals surface area contributed by atoms with Crippen LogP contribution in [0.3, 0.4) is 0 Å². The number of tetrazole rings is 1. The Kier molecular flexibility index (Phi) is 4.52. The Morgan fingerprint density at radius 1 is 1.05 bits per heavy atom. The van der Waals surface area contributed by atoms with E-state index in [4.69, 9.17) is 0 Å². The van der Waals surface area contributed by atoms with E-state index in [-0.39, 0.29) is 5.41 Å². The highest BCUT2D eigenvalue weighted by atomic mass is 15.6. The van der Waals surface area contributed by atoms with Crippen molar-refractivity contribution in [2.24, 2.45) is 0 Å². The minimum atomic E-state index is -0.0182. The fraction of sp³-hybridized carbons (Fsp3) is 0.923. The fourth-order valence-electron chi connectivity index (χ4n) is 2.15. The maximum absolute atomic E-state index is 4.44. The van der Waals surface area contributed by atoms with Crippen LogP contribution in [0.1, 0.15) is 33.0 Å². The minimum Gasteiger partial charge on any atom is -0.304 e. The van der Waals surface area contributed by atoms with Crippen molar-refractivity contribution in [3.8, 4) is 0 Å². The van der Waals surface area contributed by atoms with Crippen molar-refractivity contribution in [3.63, 3.8) is 0 Å². The van der Waals surface area contributed by atoms with Crippen LogP contribution in [0.4, 0.5) is 0 Å². The van der Waals surface area contributed by atoms with Gasteiger partial charge >= 0.3 is 0 Å². The third-order valence-corrected chi connectivity index (χ3v) is 3.55. The topological polar surface area (TPSA) is 50.1 Å². The van der Waals surface area contributed by atoms with Crippen molar-refractivity contribution in [2.75, 3.05) is 39.8 Å². The average Bonchev–Trinajstić information content (AvgIpc) is 2.80. The molecule has 0 atom stereocenters. The van der Waals surface area contributed by atoms with E-state index in [1.165, 1.54) is 26.2 Å². The van der Waals surface area contributed by atoms with Crippen LogP contribution in [0.25, 0.3) is 0 Å². The standard InChI is InChI=1S/C13H26N6/c1-13(2,3)12-14-16-19(15-12)7-5-6-18-10-8-17(4)9-11-18/h5-11H2,1-4H3. The monoisotopic (exact) mass is 266 g/mol. The summed E-state index contributed by atoms with van der Waals surface area (Å²) >= 11 is 0. The molecule has 0 aliphatic carbocycles. The van der Waals surface area contributed by atoms with Crippen LogP contribution in [-0.2, 0) is 12.0 Å². The van der Waals surface area contributed by atoms with Crippen LogP contribution >= 0.6 is 0 Å². The van der Waals surface area contributed by atoms with Gasteiger partial charge in [0.1, 0.15) is 0 Å². The van der Waals surface area contributed by atoms with Crippen LogP contribution in [0.5, 0.6) is 0 Å². The predicted molar refractivity (Wildman–Crippen MR) is 75.1 cm³/mol. The molecule has 2 rings (SSSR count). The molecule has 19 heavy (non-hydrogen) atoms. The number of aromatic nitrogens is 4. The summed E-state index contributed by atoms with van der Waals surface area (Å²) in [5.41, 5.74) is -0.0182. The molecule has 108 valence electrons. The first-order valence-electron chi connectivity index (χ1n) is 7.14. The molecule has 0 N–H and O–H groups in total. The Morgan fingerprint density at radius 2 is 1.74 bits per heavy atom. The molecular weight excluding hydrogens is 240 g/mol. The fourth-order valence-corrected chi connectivity index (χ4v) is 2.15. The molecule has 0 spiro atoms. The lowest BCUT2D eigenvalue weighted by Gasteiger charge is -2.32. The van der Waals surface area contributed by atoms with Crippen molar-refractivity contribution in [2.45, 2.75) is 39.2 Å². The van der Waals surface area contributed by atoms with Gasteiger partial charge < -0.3 is 9.80 Å². The van der Waals surface area contributed by atoms with E-state index in [1.54, 1.807) is 4.80 Å². The Bertz CT molecular complexity index is 386. The summed E-state index contributed by atoms with van der Waals surface area (Å²) in [6.07, 6.45) is 1.09. The zero-order valence-electron chi connectivity index (χ0n) is 12.6. The lowest BCUT2D eigenvalue weighted by molar-refractivity contribution is 0.150. The zero-order valence-corrected chi connectivity index (χ0v) is 12.6. The van der Waals surface area contributed by atoms with Crippen molar-refractivity contribution < 1.29 is 0 Å². The zero-order chi connectivity index (χ0) is 13.9. The highest BCUT2D eigenvalue weighted by molar-refractivity contribution is 4.95. The Labute approximate surface area is 115 Å². The van der Waals surface area contributed by atoms with Gasteiger partial charge in [0.05, 0.1) is 6.54 Å². The lowest BCUT2D eigenvalue weighted by atomic mass is 9.96. The van der Waals surface area contributed by atoms with Gasteiger partial charge in [-0.2, -0.15) is 4.80 Å². The van der Waals surface area contributed by atoms with Gasteiger partial charge in [0, 0.05) is 38.1 Å². The normalized spacial score (nSPS) is 18.9. The van der Waals surface area contributed by atoms with Gasteiger partial charge in [0.25, 0.3) is 0 Å². The van der Waals surface area contributed by atoms with Crippen LogP contribution in [0.2, 0.25) is 0 Å². The van der Waals surface area contributed by atoms with Gasteiger partial charge in [-0.05, 0) is 18.7 Å². The lowest BCUT2D eigenvalue weighted by Crippen LogP contribution is -2.44. The van der Waals surface area contributed by atoms with E-state index in [1.807, 2.05) is 0 Å². The van der Waals surface area contributed by atoms with E-state index in [0.717, 1.165) is 25.3 Å². The number of piperazine rings is 1. The first-order valence-corrected chi connectivity index (χ1v) is 7.14. The second-order valence-electron chi connectivity index (χ2n) is 6.46. The molecule has 1 aromatic rings. The number of hydrogen-bond donors (Lipinski definition) is 0. The van der Waals surface area contributed by atoms with E-state index in [2.05, 4.69) is 53.0 Å². The number of nitrogens with zero attached hydrogens (tertiary/aromatic N) is 6. The SMILES string of the molecule is CN1CCN(CCCn2nnc(C(C)(C)C)n2)CC1. The van der Waals surface area contributed by atoms with Crippen LogP contribution < -0.4 is 0 Å². The maximum Gasteiger partial charge on any atom is 0.180 e. The third kappa shape index (κ3) is 4.24. The van der Waals surface area contributed by atoms with Gasteiger partial charge in [-0.25, -0.2) is 0 Å². The molecule has 0 amide bonds. The molecule has 0 unspecified atom stereocenters. The van der Waals surface area contributed by atoms with Gasteiger partial charge in [-0.1, -0.05) is 20.8 Å². The van der Waals surface area contributed by atoms with E-state index < -0.39 is 0 Å². The summed E-state index contributed by atoms with van der Waals surface area (Å²) in [5.74, 6) is 0.826. The molecule has 1 saturated heterocycles. The van der Waals surface area contributed by atoms with E-state index in [0.29, 0.717) is 0 Å². The van der Waals surface area contributed by atoms with Gasteiger partial charge in [0.15, 0.2) is 5.82 Å². The molecule has 0 saturated carbocycles. The molecule has 1 aromatic heterocycles. The van der Waals surface area contributed by atoms with Gasteiger partial charge in [-0.3, -0.25) is 0 Å². The first-order chi connectivity index (χ1) is 8.95. The number of aryl methyl sites for hydroxylation is 1. The molecule has 6 nitrogen and oxygen atoms in total. The summed E-state index contributed by atoms with van der Waals surface area (Å²) < 4.78 is 0. The number of hydrogen-bond acceptors (Lipinski definition) is 5. The largest absolute Gasteiger partial charge is 0.304 e. The third-order valence-electron chi connectivity index (χ3n) is 3.55. The molecule has 2 heterocycles. The second-order valence-corrected chi connectivity index (χ2v) is 6.46. The smallest absolute Gasteiger partial charge is 0.180 e. The summed E-state index contributed by atoms with van der Waals surface area (Å²) in [5, 5.41) is 12.7. The first kappa shape index (κ1) is 14.4. The van der Waals surface area contributed by atoms with Crippen molar-refractivity contribution >= 4 is 0 Å². The molecule has 1 aliphatic rings. The highest BCUT2D eigenvalue weighted by Crippen LogP contribution is 2.16. The quantitative estimate of drug-likeness (QED) is 0.799. The summed E-state index contributed by atoms with van der Waals surface area (Å²) in [4.78, 5) is 6.63. The van der Waals surface area contributed by atoms with Crippen molar-refractivity contribution in [1.82, 2.24) is 30.0 Å². The summed E-state index contributed by atoms with van der Waals surface area (Å²) in [7, 11) is 2.19. The van der Waals surface area contributed by atoms with Crippen molar-refractivity contribution in [3.05, 3.63) is 5.82 Å². The van der Waals surface area contributed by atoms with E-state index in [9.17, 15) is 0 Å². The molecule has 6 heteroatoms. The Morgan fingerprint density at radius 3 is 2.32 bits per heavy atom. The highest BCUT2D eigenvalue weighted by Gasteiger charge is 2.20. The van der Waals surface area contributed by atoms with Crippen LogP contribution in [0.15, 0.2) is 0 Å². The molecule has 1 aliphatic heterocycles. The molecular formula is C13H26N6. The Balaban J connectivity index is 1.72. The maximum atomic E-state index is 4.44. The molecule has 0 radical (unpaired) electrons. The summed E-state index contributed by atoms with van der Waals surface area (Å²) in [6, 6.07) is 0. The van der Waals surface area contributed by atoms with E-state index >= 15 is 0 Å². The predicted octanol–water partition coefficient (Wildman–Crippen LogP) is 0.608. The Hall–Kier alpha value is -1.01. The van der Waals surface area contributed by atoms with Crippen LogP contribution in [0, 0.1) is 0 Å². The molecule has 0 aromatic carbocycles. The number of likely N-dealkylation sites (N-methyl/N-ethyl adjacent to an activating group) is 1. The van der Waals surface area contributed by atoms with Gasteiger partial charge in [-0.15, -0.1) is 10.2 Å². The minimum absolute atomic E-state index is 0.0182. The molecule has 1 fully saturated rings.